The molecule has 3 aromatic heterocycles. The zero-order valence-electron chi connectivity index (χ0n) is 16.7. The number of likely N-dealkylation sites (tertiary alicyclic amines) is 1. The molecule has 2 unspecified atom stereocenters. The fraction of sp³-hybridized carbons (Fsp3) is 0.280. The zero-order chi connectivity index (χ0) is 20.1. The predicted molar refractivity (Wildman–Crippen MR) is 122 cm³/mol. The van der Waals surface area contributed by atoms with Crippen molar-refractivity contribution in [2.24, 2.45) is 5.92 Å². The van der Waals surface area contributed by atoms with Gasteiger partial charge >= 0.3 is 0 Å². The number of piperidine rings is 1. The number of benzene rings is 1. The highest BCUT2D eigenvalue weighted by Crippen LogP contribution is 2.42. The van der Waals surface area contributed by atoms with Gasteiger partial charge in [0.25, 0.3) is 5.56 Å². The van der Waals surface area contributed by atoms with E-state index in [9.17, 15) is 4.79 Å². The van der Waals surface area contributed by atoms with Crippen LogP contribution >= 0.6 is 11.3 Å². The summed E-state index contributed by atoms with van der Waals surface area (Å²) in [6, 6.07) is 20.7. The zero-order valence-corrected chi connectivity index (χ0v) is 17.5. The number of hydrogen-bond donors (Lipinski definition) is 0. The Morgan fingerprint density at radius 3 is 2.77 bits per heavy atom. The number of nitrogens with zero attached hydrogens (tertiary/aromatic N) is 3. The molecule has 0 N–H and O–H groups in total. The molecule has 0 saturated carbocycles. The Bertz CT molecular complexity index is 1240. The molecule has 0 radical (unpaired) electrons. The predicted octanol–water partition coefficient (Wildman–Crippen LogP) is 4.74. The molecule has 1 fully saturated rings. The van der Waals surface area contributed by atoms with E-state index in [4.69, 9.17) is 0 Å². The van der Waals surface area contributed by atoms with Crippen molar-refractivity contribution < 1.29 is 0 Å². The van der Waals surface area contributed by atoms with Gasteiger partial charge in [-0.25, -0.2) is 0 Å². The summed E-state index contributed by atoms with van der Waals surface area (Å²) >= 11 is 1.82. The lowest BCUT2D eigenvalue weighted by Gasteiger charge is -2.43. The second kappa shape index (κ2) is 7.18. The summed E-state index contributed by atoms with van der Waals surface area (Å²) in [5, 5.41) is 1.27. The molecule has 0 spiro atoms. The molecular weight excluding hydrogens is 390 g/mol. The Balaban J connectivity index is 1.40. The number of aromatic nitrogens is 2. The maximum atomic E-state index is 12.8. The number of rotatable bonds is 3. The van der Waals surface area contributed by atoms with Crippen LogP contribution in [0.4, 0.5) is 0 Å². The minimum absolute atomic E-state index is 0.141. The number of thiophene rings is 1. The van der Waals surface area contributed by atoms with Crippen LogP contribution < -0.4 is 5.56 Å². The van der Waals surface area contributed by atoms with Crippen LogP contribution in [-0.2, 0) is 13.1 Å². The third-order valence-corrected chi connectivity index (χ3v) is 7.62. The largest absolute Gasteiger partial charge is 0.311 e. The van der Waals surface area contributed by atoms with Crippen LogP contribution in [0.3, 0.4) is 0 Å². The van der Waals surface area contributed by atoms with Crippen LogP contribution in [0.5, 0.6) is 0 Å². The summed E-state index contributed by atoms with van der Waals surface area (Å²) in [4.78, 5) is 21.1. The molecule has 2 aliphatic rings. The van der Waals surface area contributed by atoms with Gasteiger partial charge in [-0.3, -0.25) is 14.7 Å². The molecule has 0 amide bonds. The lowest BCUT2D eigenvalue weighted by atomic mass is 9.81. The van der Waals surface area contributed by atoms with E-state index in [2.05, 4.69) is 63.0 Å². The van der Waals surface area contributed by atoms with E-state index < -0.39 is 0 Å². The van der Waals surface area contributed by atoms with E-state index in [0.29, 0.717) is 11.8 Å². The maximum Gasteiger partial charge on any atom is 0.250 e. The van der Waals surface area contributed by atoms with Crippen LogP contribution in [-0.4, -0.2) is 27.5 Å². The van der Waals surface area contributed by atoms with E-state index in [-0.39, 0.29) is 5.56 Å². The van der Waals surface area contributed by atoms with Crippen LogP contribution in [0.1, 0.15) is 23.7 Å². The van der Waals surface area contributed by atoms with Gasteiger partial charge in [0.15, 0.2) is 0 Å². The fourth-order valence-corrected chi connectivity index (χ4v) is 6.38. The van der Waals surface area contributed by atoms with Gasteiger partial charge in [0.1, 0.15) is 0 Å². The lowest BCUT2D eigenvalue weighted by molar-refractivity contribution is 0.113. The van der Waals surface area contributed by atoms with Gasteiger partial charge in [0.2, 0.25) is 0 Å². The van der Waals surface area contributed by atoms with Crippen molar-refractivity contribution in [3.63, 3.8) is 0 Å². The minimum Gasteiger partial charge on any atom is -0.311 e. The molecule has 2 aliphatic heterocycles. The third kappa shape index (κ3) is 3.09. The van der Waals surface area contributed by atoms with Crippen LogP contribution in [0.25, 0.3) is 20.5 Å². The molecule has 2 atom stereocenters. The van der Waals surface area contributed by atoms with Crippen LogP contribution in [0, 0.1) is 5.92 Å². The van der Waals surface area contributed by atoms with Gasteiger partial charge in [-0.05, 0) is 48.1 Å². The highest BCUT2D eigenvalue weighted by molar-refractivity contribution is 7.22. The van der Waals surface area contributed by atoms with Gasteiger partial charge < -0.3 is 4.57 Å². The Kier molecular flexibility index (Phi) is 4.32. The van der Waals surface area contributed by atoms with Gasteiger partial charge in [-0.15, -0.1) is 11.3 Å². The molecule has 0 aliphatic carbocycles. The Labute approximate surface area is 179 Å². The van der Waals surface area contributed by atoms with Crippen molar-refractivity contribution in [2.45, 2.75) is 25.4 Å². The second-order valence-electron chi connectivity index (χ2n) is 8.54. The standard InChI is InChI=1S/C25H23N3OS/c29-24-9-8-21(23-12-18-5-1-2-7-22(18)30-23)25-19-11-17(14-28(24)25)13-27(15-19)16-20-6-3-4-10-26-20/h1-10,12,17,19H,11,13-16H2. The Hall–Kier alpha value is -2.76. The average Bonchev–Trinajstić information content (AvgIpc) is 3.19. The van der Waals surface area contributed by atoms with Gasteiger partial charge in [-0.2, -0.15) is 0 Å². The van der Waals surface area contributed by atoms with E-state index in [1.807, 2.05) is 23.6 Å². The normalized spacial score (nSPS) is 20.9. The van der Waals surface area contributed by atoms with E-state index in [1.54, 1.807) is 6.07 Å². The quantitative estimate of drug-likeness (QED) is 0.487. The van der Waals surface area contributed by atoms with Crippen LogP contribution in [0.2, 0.25) is 0 Å². The smallest absolute Gasteiger partial charge is 0.250 e. The van der Waals surface area contributed by atoms with Crippen molar-refractivity contribution in [1.29, 1.82) is 0 Å². The van der Waals surface area contributed by atoms with Crippen molar-refractivity contribution in [1.82, 2.24) is 14.5 Å². The molecule has 4 nitrogen and oxygen atoms in total. The SMILES string of the molecule is O=c1ccc(-c2cc3ccccc3s2)c2n1CC1CC2CN(Cc2ccccn2)C1. The van der Waals surface area contributed by atoms with Gasteiger partial charge in [0, 0.05) is 65.2 Å². The molecule has 5 heteroatoms. The summed E-state index contributed by atoms with van der Waals surface area (Å²) in [6.45, 7) is 3.71. The third-order valence-electron chi connectivity index (χ3n) is 6.47. The molecule has 2 bridgehead atoms. The maximum absolute atomic E-state index is 12.8. The second-order valence-corrected chi connectivity index (χ2v) is 9.63. The first-order valence-corrected chi connectivity index (χ1v) is 11.4. The fourth-order valence-electron chi connectivity index (χ4n) is 5.29. The summed E-state index contributed by atoms with van der Waals surface area (Å²) in [7, 11) is 0. The summed E-state index contributed by atoms with van der Waals surface area (Å²) in [6.07, 6.45) is 3.04. The minimum atomic E-state index is 0.141. The van der Waals surface area contributed by atoms with Crippen molar-refractivity contribution in [2.75, 3.05) is 13.1 Å². The monoisotopic (exact) mass is 413 g/mol. The number of pyridine rings is 2. The molecule has 30 heavy (non-hydrogen) atoms. The Morgan fingerprint density at radius 2 is 1.90 bits per heavy atom. The molecule has 1 saturated heterocycles. The number of hydrogen-bond acceptors (Lipinski definition) is 4. The first-order chi connectivity index (χ1) is 14.7. The van der Waals surface area contributed by atoms with Crippen molar-refractivity contribution in [3.05, 3.63) is 88.6 Å². The highest BCUT2D eigenvalue weighted by atomic mass is 32.1. The average molecular weight is 414 g/mol. The van der Waals surface area contributed by atoms with E-state index >= 15 is 0 Å². The molecule has 4 aromatic rings. The molecular formula is C25H23N3OS. The summed E-state index contributed by atoms with van der Waals surface area (Å²) < 4.78 is 3.36. The van der Waals surface area contributed by atoms with Crippen LogP contribution in [0.15, 0.2) is 71.7 Å². The molecule has 150 valence electrons. The van der Waals surface area contributed by atoms with Gasteiger partial charge in [0.05, 0.1) is 5.69 Å². The summed E-state index contributed by atoms with van der Waals surface area (Å²) in [5.74, 6) is 0.908. The lowest BCUT2D eigenvalue weighted by Crippen LogP contribution is -2.47. The molecule has 1 aromatic carbocycles. The topological polar surface area (TPSA) is 38.1 Å². The van der Waals surface area contributed by atoms with Crippen molar-refractivity contribution in [3.8, 4) is 10.4 Å². The van der Waals surface area contributed by atoms with E-state index in [0.717, 1.165) is 31.9 Å². The summed E-state index contributed by atoms with van der Waals surface area (Å²) in [5.41, 5.74) is 3.73. The molecule has 5 heterocycles. The van der Waals surface area contributed by atoms with Gasteiger partial charge in [-0.1, -0.05) is 24.3 Å². The number of fused-ring (bicyclic) bond motifs is 5. The Morgan fingerprint density at radius 1 is 1.00 bits per heavy atom. The highest BCUT2D eigenvalue weighted by Gasteiger charge is 2.36. The first kappa shape index (κ1) is 18.0. The first-order valence-electron chi connectivity index (χ1n) is 10.6. The molecule has 6 rings (SSSR count). The van der Waals surface area contributed by atoms with E-state index in [1.165, 1.54) is 32.6 Å². The van der Waals surface area contributed by atoms with Crippen molar-refractivity contribution >= 4 is 21.4 Å².